The highest BCUT2D eigenvalue weighted by Gasteiger charge is 2.20. The Bertz CT molecular complexity index is 1440. The number of carbonyl (C=O) groups excluding carboxylic acids is 1. The molecular weight excluding hydrogens is 457 g/mol. The number of fused-ring (bicyclic) bond motifs is 1. The number of aliphatic hydroxyl groups is 1. The molecule has 0 unspecified atom stereocenters. The summed E-state index contributed by atoms with van der Waals surface area (Å²) in [6.45, 7) is 2.18. The zero-order valence-electron chi connectivity index (χ0n) is 20.3. The molecule has 6 nitrogen and oxygen atoms in total. The molecule has 3 aromatic carbocycles. The first kappa shape index (κ1) is 25.0. The molecule has 0 aliphatic heterocycles. The monoisotopic (exact) mass is 485 g/mol. The van der Waals surface area contributed by atoms with Gasteiger partial charge in [0.25, 0.3) is 5.91 Å². The molecule has 1 amide bonds. The van der Waals surface area contributed by atoms with Gasteiger partial charge in [0.2, 0.25) is 0 Å². The first-order valence-corrected chi connectivity index (χ1v) is 11.9. The SMILES string of the molecule is CCCOc1ccc(-c2ccc(F)c(C#N)c2)cc1C(=O)N[C@@H](CO)Cc1cn(C)c2ccccc12. The average Bonchev–Trinajstić information content (AvgIpc) is 3.22. The second-order valence-electron chi connectivity index (χ2n) is 8.71. The van der Waals surface area contributed by atoms with Crippen molar-refractivity contribution in [2.24, 2.45) is 7.05 Å². The number of hydrogen-bond donors (Lipinski definition) is 2. The van der Waals surface area contributed by atoms with Crippen molar-refractivity contribution < 1.29 is 19.0 Å². The van der Waals surface area contributed by atoms with Crippen molar-refractivity contribution in [3.05, 3.63) is 89.4 Å². The molecule has 4 rings (SSSR count). The van der Waals surface area contributed by atoms with Gasteiger partial charge in [-0.3, -0.25) is 4.79 Å². The summed E-state index contributed by atoms with van der Waals surface area (Å²) >= 11 is 0. The molecule has 0 radical (unpaired) electrons. The zero-order chi connectivity index (χ0) is 25.7. The fraction of sp³-hybridized carbons (Fsp3) is 0.241. The normalized spacial score (nSPS) is 11.8. The van der Waals surface area contributed by atoms with Crippen LogP contribution in [0.25, 0.3) is 22.0 Å². The van der Waals surface area contributed by atoms with Crippen LogP contribution in [0.15, 0.2) is 66.9 Å². The zero-order valence-corrected chi connectivity index (χ0v) is 20.3. The Morgan fingerprint density at radius 1 is 1.17 bits per heavy atom. The molecule has 4 aromatic rings. The smallest absolute Gasteiger partial charge is 0.255 e. The molecule has 1 atom stereocenters. The predicted molar refractivity (Wildman–Crippen MR) is 137 cm³/mol. The highest BCUT2D eigenvalue weighted by atomic mass is 19.1. The number of para-hydroxylation sites is 1. The minimum atomic E-state index is -0.596. The van der Waals surface area contributed by atoms with Crippen LogP contribution >= 0.6 is 0 Å². The van der Waals surface area contributed by atoms with E-state index in [2.05, 4.69) is 5.32 Å². The molecule has 184 valence electrons. The summed E-state index contributed by atoms with van der Waals surface area (Å²) in [7, 11) is 1.97. The van der Waals surface area contributed by atoms with Crippen molar-refractivity contribution in [1.29, 1.82) is 5.26 Å². The lowest BCUT2D eigenvalue weighted by Gasteiger charge is -2.18. The number of aromatic nitrogens is 1. The maximum absolute atomic E-state index is 13.8. The van der Waals surface area contributed by atoms with E-state index in [-0.39, 0.29) is 18.1 Å². The third-order valence-electron chi connectivity index (χ3n) is 6.11. The molecule has 0 aliphatic carbocycles. The van der Waals surface area contributed by atoms with Gasteiger partial charge in [-0.15, -0.1) is 0 Å². The Balaban J connectivity index is 1.63. The number of halogens is 1. The van der Waals surface area contributed by atoms with Gasteiger partial charge in [0.15, 0.2) is 0 Å². The molecule has 0 bridgehead atoms. The van der Waals surface area contributed by atoms with E-state index < -0.39 is 11.9 Å². The van der Waals surface area contributed by atoms with Gasteiger partial charge in [-0.25, -0.2) is 4.39 Å². The summed E-state index contributed by atoms with van der Waals surface area (Å²) in [5.74, 6) is -0.561. The van der Waals surface area contributed by atoms with E-state index in [0.29, 0.717) is 35.5 Å². The van der Waals surface area contributed by atoms with Crippen LogP contribution in [0, 0.1) is 17.1 Å². The number of nitrogens with one attached hydrogen (secondary N) is 1. The van der Waals surface area contributed by atoms with Crippen LogP contribution in [0.3, 0.4) is 0 Å². The van der Waals surface area contributed by atoms with Crippen LogP contribution in [0.2, 0.25) is 0 Å². The Morgan fingerprint density at radius 3 is 2.67 bits per heavy atom. The van der Waals surface area contributed by atoms with Crippen LogP contribution in [-0.4, -0.2) is 34.8 Å². The van der Waals surface area contributed by atoms with Crippen LogP contribution in [0.4, 0.5) is 4.39 Å². The largest absolute Gasteiger partial charge is 0.493 e. The Kier molecular flexibility index (Phi) is 7.67. The Labute approximate surface area is 209 Å². The van der Waals surface area contributed by atoms with E-state index in [4.69, 9.17) is 4.74 Å². The summed E-state index contributed by atoms with van der Waals surface area (Å²) in [6, 6.07) is 18.7. The number of nitriles is 1. The van der Waals surface area contributed by atoms with Crippen molar-refractivity contribution in [3.8, 4) is 22.9 Å². The van der Waals surface area contributed by atoms with Gasteiger partial charge in [-0.05, 0) is 59.9 Å². The molecule has 0 saturated carbocycles. The number of nitrogens with zero attached hydrogens (tertiary/aromatic N) is 2. The number of rotatable bonds is 9. The standard InChI is InChI=1S/C29H28FN3O3/c1-3-12-36-28-11-9-20(19-8-10-26(30)21(13-19)16-31)15-25(28)29(35)32-23(18-34)14-22-17-33(2)27-7-5-4-6-24(22)27/h4-11,13,15,17,23,34H,3,12,14,18H2,1-2H3,(H,32,35)/t23-/m1/s1. The van der Waals surface area contributed by atoms with Gasteiger partial charge in [0.05, 0.1) is 30.4 Å². The second kappa shape index (κ2) is 11.1. The molecule has 7 heteroatoms. The summed E-state index contributed by atoms with van der Waals surface area (Å²) in [6.07, 6.45) is 3.24. The van der Waals surface area contributed by atoms with E-state index in [0.717, 1.165) is 22.9 Å². The van der Waals surface area contributed by atoms with Crippen LogP contribution in [-0.2, 0) is 13.5 Å². The van der Waals surface area contributed by atoms with Gasteiger partial charge in [-0.1, -0.05) is 37.3 Å². The van der Waals surface area contributed by atoms with Gasteiger partial charge in [0, 0.05) is 24.1 Å². The second-order valence-corrected chi connectivity index (χ2v) is 8.71. The average molecular weight is 486 g/mol. The maximum Gasteiger partial charge on any atom is 0.255 e. The number of hydrogen-bond acceptors (Lipinski definition) is 4. The predicted octanol–water partition coefficient (Wildman–Crippen LogP) is 4.98. The molecule has 2 N–H and O–H groups in total. The van der Waals surface area contributed by atoms with Gasteiger partial charge >= 0.3 is 0 Å². The number of ether oxygens (including phenoxy) is 1. The van der Waals surface area contributed by atoms with E-state index in [1.807, 2.05) is 55.1 Å². The molecule has 1 aromatic heterocycles. The quantitative estimate of drug-likeness (QED) is 0.350. The molecule has 36 heavy (non-hydrogen) atoms. The minimum absolute atomic E-state index is 0.0692. The molecule has 0 saturated heterocycles. The lowest BCUT2D eigenvalue weighted by molar-refractivity contribution is 0.0912. The van der Waals surface area contributed by atoms with E-state index in [1.54, 1.807) is 24.3 Å². The number of benzene rings is 3. The number of aryl methyl sites for hydroxylation is 1. The van der Waals surface area contributed by atoms with E-state index >= 15 is 0 Å². The van der Waals surface area contributed by atoms with Crippen LogP contribution in [0.1, 0.15) is 34.8 Å². The lowest BCUT2D eigenvalue weighted by Crippen LogP contribution is -2.39. The summed E-state index contributed by atoms with van der Waals surface area (Å²) < 4.78 is 21.7. The molecule has 0 spiro atoms. The van der Waals surface area contributed by atoms with Crippen molar-refractivity contribution in [1.82, 2.24) is 9.88 Å². The summed E-state index contributed by atoms with van der Waals surface area (Å²) in [5.41, 5.74) is 3.60. The molecule has 1 heterocycles. The maximum atomic E-state index is 13.8. The van der Waals surface area contributed by atoms with Crippen molar-refractivity contribution in [3.63, 3.8) is 0 Å². The van der Waals surface area contributed by atoms with Crippen LogP contribution < -0.4 is 10.1 Å². The summed E-state index contributed by atoms with van der Waals surface area (Å²) in [5, 5.41) is 23.3. The topological polar surface area (TPSA) is 87.3 Å². The minimum Gasteiger partial charge on any atom is -0.493 e. The highest BCUT2D eigenvalue weighted by Crippen LogP contribution is 2.29. The lowest BCUT2D eigenvalue weighted by atomic mass is 9.99. The first-order chi connectivity index (χ1) is 17.4. The number of amides is 1. The summed E-state index contributed by atoms with van der Waals surface area (Å²) in [4.78, 5) is 13.4. The van der Waals surface area contributed by atoms with Crippen molar-refractivity contribution in [2.75, 3.05) is 13.2 Å². The molecule has 0 fully saturated rings. The van der Waals surface area contributed by atoms with Crippen LogP contribution in [0.5, 0.6) is 5.75 Å². The third kappa shape index (κ3) is 5.24. The number of aliphatic hydroxyl groups excluding tert-OH is 1. The Hall–Kier alpha value is -4.15. The molecule has 0 aliphatic rings. The van der Waals surface area contributed by atoms with E-state index in [9.17, 15) is 19.6 Å². The van der Waals surface area contributed by atoms with E-state index in [1.165, 1.54) is 12.1 Å². The first-order valence-electron chi connectivity index (χ1n) is 11.9. The highest BCUT2D eigenvalue weighted by molar-refractivity contribution is 5.98. The molecular formula is C29H28FN3O3. The third-order valence-corrected chi connectivity index (χ3v) is 6.11. The fourth-order valence-electron chi connectivity index (χ4n) is 4.29. The van der Waals surface area contributed by atoms with Crippen molar-refractivity contribution in [2.45, 2.75) is 25.8 Å². The van der Waals surface area contributed by atoms with Crippen molar-refractivity contribution >= 4 is 16.8 Å². The van der Waals surface area contributed by atoms with Gasteiger partial charge in [0.1, 0.15) is 17.6 Å². The number of carbonyl (C=O) groups is 1. The van der Waals surface area contributed by atoms with Gasteiger partial charge < -0.3 is 19.7 Å². The van der Waals surface area contributed by atoms with Gasteiger partial charge in [-0.2, -0.15) is 5.26 Å². The fourth-order valence-corrected chi connectivity index (χ4v) is 4.29. The Morgan fingerprint density at radius 2 is 1.92 bits per heavy atom.